The van der Waals surface area contributed by atoms with E-state index in [9.17, 15) is 17.6 Å². The zero-order valence-electron chi connectivity index (χ0n) is 14.3. The predicted molar refractivity (Wildman–Crippen MR) is 101 cm³/mol. The molecule has 6 nitrogen and oxygen atoms in total. The minimum absolute atomic E-state index is 0.0337. The van der Waals surface area contributed by atoms with Gasteiger partial charge in [-0.2, -0.15) is 4.31 Å². The second-order valence-electron chi connectivity index (χ2n) is 5.93. The Kier molecular flexibility index (Phi) is 6.25. The molecule has 1 aliphatic heterocycles. The molecule has 0 radical (unpaired) electrons. The molecule has 27 heavy (non-hydrogen) atoms. The van der Waals surface area contributed by atoms with Crippen LogP contribution in [0.25, 0.3) is 0 Å². The molecule has 0 saturated carbocycles. The molecule has 1 saturated heterocycles. The summed E-state index contributed by atoms with van der Waals surface area (Å²) in [6.07, 6.45) is 0. The maximum atomic E-state index is 13.9. The van der Waals surface area contributed by atoms with Crippen molar-refractivity contribution < 1.29 is 22.3 Å². The number of benzene rings is 2. The molecule has 2 aromatic carbocycles. The van der Waals surface area contributed by atoms with Crippen LogP contribution in [-0.2, 0) is 21.3 Å². The second kappa shape index (κ2) is 8.47. The van der Waals surface area contributed by atoms with E-state index < -0.39 is 21.7 Å². The monoisotopic (exact) mass is 456 g/mol. The number of morpholine rings is 1. The molecular weight excluding hydrogens is 439 g/mol. The number of amides is 1. The lowest BCUT2D eigenvalue weighted by molar-refractivity contribution is 0.0730. The molecule has 1 fully saturated rings. The van der Waals surface area contributed by atoms with Gasteiger partial charge < -0.3 is 10.1 Å². The number of nitrogens with zero attached hydrogens (tertiary/aromatic N) is 1. The van der Waals surface area contributed by atoms with Crippen molar-refractivity contribution in [3.63, 3.8) is 0 Å². The minimum Gasteiger partial charge on any atom is -0.379 e. The third-order valence-corrected chi connectivity index (χ3v) is 6.67. The van der Waals surface area contributed by atoms with Crippen molar-refractivity contribution in [1.82, 2.24) is 9.62 Å². The van der Waals surface area contributed by atoms with Crippen LogP contribution in [0.5, 0.6) is 0 Å². The highest BCUT2D eigenvalue weighted by molar-refractivity contribution is 9.10. The Morgan fingerprint density at radius 1 is 1.19 bits per heavy atom. The number of halogens is 2. The Balaban J connectivity index is 1.79. The van der Waals surface area contributed by atoms with E-state index in [4.69, 9.17) is 4.74 Å². The molecule has 0 aliphatic carbocycles. The lowest BCUT2D eigenvalue weighted by atomic mass is 10.2. The maximum absolute atomic E-state index is 13.9. The van der Waals surface area contributed by atoms with Crippen molar-refractivity contribution >= 4 is 31.9 Å². The van der Waals surface area contributed by atoms with E-state index >= 15 is 0 Å². The van der Waals surface area contributed by atoms with Crippen LogP contribution < -0.4 is 5.32 Å². The van der Waals surface area contributed by atoms with E-state index in [0.29, 0.717) is 23.2 Å². The van der Waals surface area contributed by atoms with Gasteiger partial charge in [0.1, 0.15) is 5.82 Å². The average Bonchev–Trinajstić information content (AvgIpc) is 2.67. The van der Waals surface area contributed by atoms with Gasteiger partial charge in [-0.15, -0.1) is 0 Å². The van der Waals surface area contributed by atoms with Crippen LogP contribution in [0.2, 0.25) is 0 Å². The molecule has 0 aromatic heterocycles. The normalized spacial score (nSPS) is 15.5. The fraction of sp³-hybridized carbons (Fsp3) is 0.278. The first-order valence-corrected chi connectivity index (χ1v) is 10.5. The molecular formula is C18H18BrFN2O4S. The predicted octanol–water partition coefficient (Wildman–Crippen LogP) is 2.54. The summed E-state index contributed by atoms with van der Waals surface area (Å²) in [5.41, 5.74) is 0.335. The quantitative estimate of drug-likeness (QED) is 0.749. The number of carbonyl (C=O) groups excluding carboxylic acids is 1. The molecule has 0 bridgehead atoms. The van der Waals surface area contributed by atoms with Gasteiger partial charge in [-0.25, -0.2) is 12.8 Å². The van der Waals surface area contributed by atoms with Gasteiger partial charge in [0.2, 0.25) is 10.0 Å². The second-order valence-corrected chi connectivity index (χ2v) is 8.75. The van der Waals surface area contributed by atoms with Crippen molar-refractivity contribution in [2.45, 2.75) is 11.4 Å². The largest absolute Gasteiger partial charge is 0.379 e. The van der Waals surface area contributed by atoms with Crippen molar-refractivity contribution in [1.29, 1.82) is 0 Å². The molecule has 9 heteroatoms. The third-order valence-electron chi connectivity index (χ3n) is 4.18. The number of sulfonamides is 1. The molecule has 0 atom stereocenters. The number of ether oxygens (including phenoxy) is 1. The van der Waals surface area contributed by atoms with Crippen molar-refractivity contribution in [2.24, 2.45) is 0 Å². The number of carbonyl (C=O) groups is 1. The van der Waals surface area contributed by atoms with Crippen LogP contribution >= 0.6 is 15.9 Å². The summed E-state index contributed by atoms with van der Waals surface area (Å²) in [5.74, 6) is -1.27. The van der Waals surface area contributed by atoms with E-state index in [0.717, 1.165) is 0 Å². The Morgan fingerprint density at radius 2 is 1.89 bits per heavy atom. The first-order chi connectivity index (χ1) is 12.9. The van der Waals surface area contributed by atoms with Crippen LogP contribution in [0.15, 0.2) is 51.8 Å². The SMILES string of the molecule is O=C(NCc1ccccc1S(=O)(=O)N1CCOCC1)c1ccc(Br)cc1F. The van der Waals surface area contributed by atoms with Gasteiger partial charge in [0.05, 0.1) is 23.7 Å². The average molecular weight is 457 g/mol. The van der Waals surface area contributed by atoms with E-state index in [2.05, 4.69) is 21.2 Å². The Labute approximate surface area is 165 Å². The van der Waals surface area contributed by atoms with E-state index in [1.54, 1.807) is 24.3 Å². The Morgan fingerprint density at radius 3 is 2.59 bits per heavy atom. The number of hydrogen-bond acceptors (Lipinski definition) is 4. The topological polar surface area (TPSA) is 75.7 Å². The van der Waals surface area contributed by atoms with Gasteiger partial charge in [0.15, 0.2) is 0 Å². The lowest BCUT2D eigenvalue weighted by Crippen LogP contribution is -2.41. The van der Waals surface area contributed by atoms with Gasteiger partial charge >= 0.3 is 0 Å². The Bertz CT molecular complexity index is 946. The fourth-order valence-corrected chi connectivity index (χ4v) is 4.74. The Hall–Kier alpha value is -1.81. The first kappa shape index (κ1) is 19.9. The fourth-order valence-electron chi connectivity index (χ4n) is 2.77. The molecule has 1 aliphatic rings. The number of nitrogens with one attached hydrogen (secondary N) is 1. The summed E-state index contributed by atoms with van der Waals surface area (Å²) in [5, 5.41) is 2.59. The summed E-state index contributed by atoms with van der Waals surface area (Å²) in [7, 11) is -3.70. The molecule has 1 N–H and O–H groups in total. The van der Waals surface area contributed by atoms with Crippen LogP contribution in [0.1, 0.15) is 15.9 Å². The standard InChI is InChI=1S/C18H18BrFN2O4S/c19-14-5-6-15(16(20)11-14)18(23)21-12-13-3-1-2-4-17(13)27(24,25)22-7-9-26-10-8-22/h1-6,11H,7-10,12H2,(H,21,23). The summed E-state index contributed by atoms with van der Waals surface area (Å²) in [4.78, 5) is 12.4. The van der Waals surface area contributed by atoms with E-state index in [1.807, 2.05) is 0 Å². The van der Waals surface area contributed by atoms with Crippen LogP contribution in [-0.4, -0.2) is 44.9 Å². The molecule has 3 rings (SSSR count). The highest BCUT2D eigenvalue weighted by atomic mass is 79.9. The summed E-state index contributed by atoms with van der Waals surface area (Å²) < 4.78 is 46.8. The highest BCUT2D eigenvalue weighted by Gasteiger charge is 2.28. The van der Waals surface area contributed by atoms with Crippen molar-refractivity contribution in [3.05, 3.63) is 63.9 Å². The minimum atomic E-state index is -3.70. The maximum Gasteiger partial charge on any atom is 0.254 e. The zero-order valence-corrected chi connectivity index (χ0v) is 16.7. The van der Waals surface area contributed by atoms with Gasteiger partial charge in [-0.05, 0) is 29.8 Å². The van der Waals surface area contributed by atoms with Gasteiger partial charge in [-0.1, -0.05) is 34.1 Å². The molecule has 2 aromatic rings. The summed E-state index contributed by atoms with van der Waals surface area (Å²) >= 11 is 3.14. The van der Waals surface area contributed by atoms with Crippen LogP contribution in [0, 0.1) is 5.82 Å². The van der Waals surface area contributed by atoms with E-state index in [1.165, 1.54) is 22.5 Å². The lowest BCUT2D eigenvalue weighted by Gasteiger charge is -2.27. The van der Waals surface area contributed by atoms with Crippen LogP contribution in [0.4, 0.5) is 4.39 Å². The van der Waals surface area contributed by atoms with Crippen molar-refractivity contribution in [2.75, 3.05) is 26.3 Å². The third kappa shape index (κ3) is 4.55. The number of hydrogen-bond donors (Lipinski definition) is 1. The molecule has 0 unspecified atom stereocenters. The van der Waals surface area contributed by atoms with Gasteiger partial charge in [0.25, 0.3) is 5.91 Å². The molecule has 0 spiro atoms. The van der Waals surface area contributed by atoms with Gasteiger partial charge in [0, 0.05) is 24.1 Å². The molecule has 1 amide bonds. The summed E-state index contributed by atoms with van der Waals surface area (Å²) in [6, 6.07) is 10.6. The van der Waals surface area contributed by atoms with Crippen molar-refractivity contribution in [3.8, 4) is 0 Å². The van der Waals surface area contributed by atoms with Crippen LogP contribution in [0.3, 0.4) is 0 Å². The molecule has 1 heterocycles. The zero-order chi connectivity index (χ0) is 19.4. The molecule has 144 valence electrons. The first-order valence-electron chi connectivity index (χ1n) is 8.28. The number of rotatable bonds is 5. The smallest absolute Gasteiger partial charge is 0.254 e. The van der Waals surface area contributed by atoms with E-state index in [-0.39, 0.29) is 30.1 Å². The highest BCUT2D eigenvalue weighted by Crippen LogP contribution is 2.21. The summed E-state index contributed by atoms with van der Waals surface area (Å²) in [6.45, 7) is 1.23. The van der Waals surface area contributed by atoms with Gasteiger partial charge in [-0.3, -0.25) is 4.79 Å².